The summed E-state index contributed by atoms with van der Waals surface area (Å²) in [5.41, 5.74) is 2.42. The number of hydrogen-bond acceptors (Lipinski definition) is 8. The van der Waals surface area contributed by atoms with Crippen molar-refractivity contribution in [1.82, 2.24) is 24.9 Å². The lowest BCUT2D eigenvalue weighted by atomic mass is 9.93. The van der Waals surface area contributed by atoms with Crippen LogP contribution < -0.4 is 20.9 Å². The molecule has 1 saturated carbocycles. The number of nitrogens with one attached hydrogen (secondary N) is 3. The van der Waals surface area contributed by atoms with Gasteiger partial charge in [-0.3, -0.25) is 0 Å². The number of anilines is 4. The van der Waals surface area contributed by atoms with Crippen LogP contribution in [0.2, 0.25) is 5.02 Å². The van der Waals surface area contributed by atoms with E-state index in [0.29, 0.717) is 51.6 Å². The lowest BCUT2D eigenvalue weighted by Gasteiger charge is -2.37. The number of nitriles is 1. The molecule has 2 atom stereocenters. The second-order valence-electron chi connectivity index (χ2n) is 9.10. The minimum Gasteiger partial charge on any atom is -0.370 e. The molecule has 6 rings (SSSR count). The fraction of sp³-hybridized carbons (Fsp3) is 0.435. The standard InChI is InChI=1S/C23H23ClN10/c1-26-19-11-28-22-21(29-15-2-3-15)31-23(32-34(19)22)30-17-8-13(10-25)9-18(20(17)24)33-7-5-16-14(12-33)4-6-27-16/h8-9,11,14-16,27H,2-7,12H2,(H2,29,30,31,32). The number of imidazole rings is 1. The maximum atomic E-state index is 9.69. The van der Waals surface area contributed by atoms with E-state index in [1.165, 1.54) is 10.7 Å². The van der Waals surface area contributed by atoms with Gasteiger partial charge in [-0.05, 0) is 50.3 Å². The molecule has 11 heteroatoms. The Labute approximate surface area is 201 Å². The molecule has 2 aromatic heterocycles. The highest BCUT2D eigenvalue weighted by atomic mass is 35.5. The Hall–Kier alpha value is -3.60. The molecular weight excluding hydrogens is 452 g/mol. The summed E-state index contributed by atoms with van der Waals surface area (Å²) >= 11 is 6.89. The van der Waals surface area contributed by atoms with Crippen molar-refractivity contribution < 1.29 is 0 Å². The van der Waals surface area contributed by atoms with Crippen molar-refractivity contribution in [3.63, 3.8) is 0 Å². The highest BCUT2D eigenvalue weighted by Crippen LogP contribution is 2.39. The lowest BCUT2D eigenvalue weighted by molar-refractivity contribution is 0.376. The van der Waals surface area contributed by atoms with Crippen LogP contribution in [0.25, 0.3) is 10.5 Å². The fourth-order valence-electron chi connectivity index (χ4n) is 4.90. The summed E-state index contributed by atoms with van der Waals surface area (Å²) in [4.78, 5) is 14.7. The quantitative estimate of drug-likeness (QED) is 0.480. The molecule has 3 N–H and O–H groups in total. The number of piperidine rings is 1. The van der Waals surface area contributed by atoms with Gasteiger partial charge in [0.15, 0.2) is 5.82 Å². The van der Waals surface area contributed by atoms with Crippen LogP contribution in [0.4, 0.5) is 29.0 Å². The van der Waals surface area contributed by atoms with Gasteiger partial charge in [0.1, 0.15) is 0 Å². The van der Waals surface area contributed by atoms with Crippen LogP contribution in [-0.4, -0.2) is 51.3 Å². The van der Waals surface area contributed by atoms with Crippen molar-refractivity contribution in [2.45, 2.75) is 37.8 Å². The van der Waals surface area contributed by atoms with E-state index in [9.17, 15) is 5.26 Å². The maximum absolute atomic E-state index is 9.69. The molecule has 3 aromatic rings. The predicted octanol–water partition coefficient (Wildman–Crippen LogP) is 3.71. The first-order valence-corrected chi connectivity index (χ1v) is 11.9. The van der Waals surface area contributed by atoms with Gasteiger partial charge in [-0.2, -0.15) is 10.2 Å². The highest BCUT2D eigenvalue weighted by molar-refractivity contribution is 6.36. The number of hydrogen-bond donors (Lipinski definition) is 3. The number of fused-ring (bicyclic) bond motifs is 2. The van der Waals surface area contributed by atoms with E-state index < -0.39 is 0 Å². The zero-order valence-corrected chi connectivity index (χ0v) is 19.2. The first kappa shape index (κ1) is 21.0. The number of benzene rings is 1. The molecule has 34 heavy (non-hydrogen) atoms. The van der Waals surface area contributed by atoms with Gasteiger partial charge in [-0.15, -0.1) is 4.52 Å². The summed E-state index contributed by atoms with van der Waals surface area (Å²) < 4.78 is 1.48. The molecular formula is C23H23ClN10. The van der Waals surface area contributed by atoms with Crippen molar-refractivity contribution in [3.05, 3.63) is 40.3 Å². The number of nitrogens with zero attached hydrogens (tertiary/aromatic N) is 7. The Kier molecular flexibility index (Phi) is 5.13. The Balaban J connectivity index is 1.37. The van der Waals surface area contributed by atoms with Gasteiger partial charge in [-0.25, -0.2) is 4.98 Å². The van der Waals surface area contributed by atoms with Crippen LogP contribution >= 0.6 is 11.6 Å². The Bertz CT molecular complexity index is 1350. The van der Waals surface area contributed by atoms with Crippen molar-refractivity contribution in [2.75, 3.05) is 35.2 Å². The predicted molar refractivity (Wildman–Crippen MR) is 130 cm³/mol. The molecule has 0 bridgehead atoms. The van der Waals surface area contributed by atoms with Crippen LogP contribution in [0.15, 0.2) is 18.3 Å². The second-order valence-corrected chi connectivity index (χ2v) is 9.48. The fourth-order valence-corrected chi connectivity index (χ4v) is 5.17. The van der Waals surface area contributed by atoms with E-state index in [2.05, 4.69) is 46.8 Å². The smallest absolute Gasteiger partial charge is 0.275 e. The molecule has 172 valence electrons. The van der Waals surface area contributed by atoms with Gasteiger partial charge < -0.3 is 25.7 Å². The van der Waals surface area contributed by atoms with Gasteiger partial charge in [0, 0.05) is 25.2 Å². The molecule has 0 amide bonds. The zero-order valence-electron chi connectivity index (χ0n) is 18.4. The number of rotatable bonds is 5. The van der Waals surface area contributed by atoms with E-state index in [-0.39, 0.29) is 5.95 Å². The Morgan fingerprint density at radius 2 is 2.15 bits per heavy atom. The second kappa shape index (κ2) is 8.32. The number of aromatic nitrogens is 4. The third-order valence-electron chi connectivity index (χ3n) is 6.80. The van der Waals surface area contributed by atoms with Crippen LogP contribution in [-0.2, 0) is 0 Å². The minimum absolute atomic E-state index is 0.278. The van der Waals surface area contributed by atoms with Crippen molar-refractivity contribution >= 4 is 46.2 Å². The van der Waals surface area contributed by atoms with Crippen LogP contribution in [0.1, 0.15) is 31.2 Å². The molecule has 0 radical (unpaired) electrons. The van der Waals surface area contributed by atoms with E-state index in [1.54, 1.807) is 6.07 Å². The lowest BCUT2D eigenvalue weighted by Crippen LogP contribution is -2.44. The van der Waals surface area contributed by atoms with E-state index in [4.69, 9.17) is 18.2 Å². The largest absolute Gasteiger partial charge is 0.370 e. The Morgan fingerprint density at radius 3 is 2.94 bits per heavy atom. The molecule has 2 unspecified atom stereocenters. The van der Waals surface area contributed by atoms with Crippen LogP contribution in [0.5, 0.6) is 0 Å². The monoisotopic (exact) mass is 474 g/mol. The topological polar surface area (TPSA) is 111 Å². The summed E-state index contributed by atoms with van der Waals surface area (Å²) in [6, 6.07) is 6.73. The minimum atomic E-state index is 0.278. The van der Waals surface area contributed by atoms with Gasteiger partial charge >= 0.3 is 0 Å². The van der Waals surface area contributed by atoms with E-state index in [0.717, 1.165) is 51.0 Å². The summed E-state index contributed by atoms with van der Waals surface area (Å²) in [5, 5.41) is 24.9. The third kappa shape index (κ3) is 3.75. The molecule has 10 nitrogen and oxygen atoms in total. The average Bonchev–Trinajstić information content (AvgIpc) is 3.37. The number of halogens is 1. The zero-order chi connectivity index (χ0) is 23.2. The van der Waals surface area contributed by atoms with Gasteiger partial charge in [-0.1, -0.05) is 23.3 Å². The van der Waals surface area contributed by atoms with Crippen molar-refractivity contribution in [3.8, 4) is 6.07 Å². The molecule has 1 aliphatic carbocycles. The van der Waals surface area contributed by atoms with E-state index >= 15 is 0 Å². The molecule has 1 aromatic carbocycles. The first-order valence-electron chi connectivity index (χ1n) is 11.5. The molecule has 4 heterocycles. The van der Waals surface area contributed by atoms with Gasteiger partial charge in [0.25, 0.3) is 17.4 Å². The molecule has 3 aliphatic rings. The summed E-state index contributed by atoms with van der Waals surface area (Å²) in [5.74, 6) is 1.73. The van der Waals surface area contributed by atoms with E-state index in [1.807, 2.05) is 6.07 Å². The summed E-state index contributed by atoms with van der Waals surface area (Å²) in [6.07, 6.45) is 5.84. The van der Waals surface area contributed by atoms with Gasteiger partial charge in [0.2, 0.25) is 0 Å². The van der Waals surface area contributed by atoms with Crippen LogP contribution in [0.3, 0.4) is 0 Å². The van der Waals surface area contributed by atoms with Gasteiger partial charge in [0.05, 0.1) is 34.2 Å². The maximum Gasteiger partial charge on any atom is 0.275 e. The normalized spacial score (nSPS) is 21.7. The average molecular weight is 475 g/mol. The molecule has 2 saturated heterocycles. The molecule has 0 spiro atoms. The Morgan fingerprint density at radius 1 is 1.26 bits per heavy atom. The van der Waals surface area contributed by atoms with Crippen molar-refractivity contribution in [1.29, 1.82) is 5.26 Å². The van der Waals surface area contributed by atoms with Crippen molar-refractivity contribution in [2.24, 2.45) is 5.92 Å². The molecule has 3 fully saturated rings. The summed E-state index contributed by atoms with van der Waals surface area (Å²) in [6.45, 7) is 10.3. The summed E-state index contributed by atoms with van der Waals surface area (Å²) in [7, 11) is 0. The first-order chi connectivity index (χ1) is 16.6. The SMILES string of the molecule is [C-]#[N+]c1cnc2c(NC3CC3)nc(Nc3cc(C#N)cc(N4CCC5NCCC5C4)c3Cl)nn12. The highest BCUT2D eigenvalue weighted by Gasteiger charge is 2.33. The van der Waals surface area contributed by atoms with Crippen LogP contribution in [0, 0.1) is 23.8 Å². The third-order valence-corrected chi connectivity index (χ3v) is 7.20. The molecule has 2 aliphatic heterocycles.